The van der Waals surface area contributed by atoms with E-state index < -0.39 is 5.60 Å². The Morgan fingerprint density at radius 2 is 2.00 bits per heavy atom. The van der Waals surface area contributed by atoms with Crippen molar-refractivity contribution in [3.05, 3.63) is 29.6 Å². The van der Waals surface area contributed by atoms with E-state index in [0.29, 0.717) is 12.2 Å². The summed E-state index contributed by atoms with van der Waals surface area (Å²) in [5.74, 6) is -0.0607. The van der Waals surface area contributed by atoms with Crippen molar-refractivity contribution in [2.45, 2.75) is 45.8 Å². The zero-order valence-electron chi connectivity index (χ0n) is 13.1. The molecular weight excluding hydrogens is 257 g/mol. The minimum absolute atomic E-state index is 0.225. The molecule has 1 rings (SSSR count). The molecule has 3 nitrogen and oxygen atoms in total. The molecule has 0 bridgehead atoms. The van der Waals surface area contributed by atoms with E-state index in [1.165, 1.54) is 7.11 Å². The second-order valence-electron chi connectivity index (χ2n) is 5.29. The number of benzene rings is 1. The van der Waals surface area contributed by atoms with Crippen LogP contribution in [0.1, 0.15) is 45.7 Å². The minimum Gasteiger partial charge on any atom is -0.494 e. The highest BCUT2D eigenvalue weighted by Gasteiger charge is 2.33. The molecule has 1 atom stereocenters. The normalized spacial score (nSPS) is 13.3. The lowest BCUT2D eigenvalue weighted by molar-refractivity contribution is -0.0400. The van der Waals surface area contributed by atoms with Crippen LogP contribution in [0, 0.1) is 5.82 Å². The van der Waals surface area contributed by atoms with Crippen LogP contribution in [0.25, 0.3) is 0 Å². The Hall–Kier alpha value is -1.13. The molecule has 0 radical (unpaired) electrons. The van der Waals surface area contributed by atoms with Gasteiger partial charge in [0.25, 0.3) is 0 Å². The number of hydrogen-bond acceptors (Lipinski definition) is 3. The van der Waals surface area contributed by atoms with Gasteiger partial charge in [0.2, 0.25) is 0 Å². The van der Waals surface area contributed by atoms with Crippen molar-refractivity contribution in [3.63, 3.8) is 0 Å². The van der Waals surface area contributed by atoms with E-state index in [0.717, 1.165) is 13.0 Å². The highest BCUT2D eigenvalue weighted by Crippen LogP contribution is 2.33. The average Bonchev–Trinajstić information content (AvgIpc) is 2.40. The Morgan fingerprint density at radius 3 is 2.55 bits per heavy atom. The SMILES string of the molecule is CCCNC(c1cccc(OC)c1F)C(C)(C)OCC. The van der Waals surface area contributed by atoms with Gasteiger partial charge in [-0.3, -0.25) is 0 Å². The third kappa shape index (κ3) is 3.93. The van der Waals surface area contributed by atoms with E-state index >= 15 is 0 Å². The second-order valence-corrected chi connectivity index (χ2v) is 5.29. The quantitative estimate of drug-likeness (QED) is 0.789. The summed E-state index contributed by atoms with van der Waals surface area (Å²) in [6.07, 6.45) is 0.976. The third-order valence-corrected chi connectivity index (χ3v) is 3.33. The third-order valence-electron chi connectivity index (χ3n) is 3.33. The van der Waals surface area contributed by atoms with E-state index in [9.17, 15) is 4.39 Å². The highest BCUT2D eigenvalue weighted by atomic mass is 19.1. The second kappa shape index (κ2) is 7.60. The Labute approximate surface area is 121 Å². The Balaban J connectivity index is 3.16. The van der Waals surface area contributed by atoms with Crippen LogP contribution in [0.2, 0.25) is 0 Å². The lowest BCUT2D eigenvalue weighted by Gasteiger charge is -2.35. The highest BCUT2D eigenvalue weighted by molar-refractivity contribution is 5.34. The van der Waals surface area contributed by atoms with Crippen LogP contribution in [0.4, 0.5) is 4.39 Å². The summed E-state index contributed by atoms with van der Waals surface area (Å²) in [6.45, 7) is 9.37. The molecule has 0 saturated heterocycles. The molecule has 1 aromatic rings. The van der Waals surface area contributed by atoms with Gasteiger partial charge in [0.1, 0.15) is 0 Å². The fraction of sp³-hybridized carbons (Fsp3) is 0.625. The van der Waals surface area contributed by atoms with Crippen LogP contribution in [-0.2, 0) is 4.74 Å². The molecule has 0 heterocycles. The average molecular weight is 283 g/mol. The van der Waals surface area contributed by atoms with Crippen molar-refractivity contribution < 1.29 is 13.9 Å². The smallest absolute Gasteiger partial charge is 0.169 e. The van der Waals surface area contributed by atoms with Crippen molar-refractivity contribution in [2.24, 2.45) is 0 Å². The zero-order chi connectivity index (χ0) is 15.2. The lowest BCUT2D eigenvalue weighted by Crippen LogP contribution is -2.42. The van der Waals surface area contributed by atoms with Gasteiger partial charge in [-0.15, -0.1) is 0 Å². The molecule has 20 heavy (non-hydrogen) atoms. The maximum absolute atomic E-state index is 14.5. The van der Waals surface area contributed by atoms with E-state index in [-0.39, 0.29) is 17.6 Å². The number of halogens is 1. The first-order valence-corrected chi connectivity index (χ1v) is 7.17. The number of ether oxygens (including phenoxy) is 2. The molecule has 0 aliphatic rings. The predicted molar refractivity (Wildman–Crippen MR) is 79.7 cm³/mol. The van der Waals surface area contributed by atoms with Gasteiger partial charge >= 0.3 is 0 Å². The molecule has 0 aliphatic carbocycles. The number of hydrogen-bond donors (Lipinski definition) is 1. The molecule has 0 amide bonds. The first-order chi connectivity index (χ1) is 9.47. The first kappa shape index (κ1) is 16.9. The monoisotopic (exact) mass is 283 g/mol. The Kier molecular flexibility index (Phi) is 6.43. The maximum atomic E-state index is 14.5. The number of rotatable bonds is 8. The lowest BCUT2D eigenvalue weighted by atomic mass is 9.90. The van der Waals surface area contributed by atoms with Gasteiger partial charge in [0.15, 0.2) is 11.6 Å². The summed E-state index contributed by atoms with van der Waals surface area (Å²) >= 11 is 0. The van der Waals surface area contributed by atoms with Gasteiger partial charge in [-0.25, -0.2) is 4.39 Å². The van der Waals surface area contributed by atoms with Crippen LogP contribution in [0.3, 0.4) is 0 Å². The van der Waals surface area contributed by atoms with Crippen LogP contribution < -0.4 is 10.1 Å². The summed E-state index contributed by atoms with van der Waals surface area (Å²) in [5, 5.41) is 3.38. The Morgan fingerprint density at radius 1 is 1.30 bits per heavy atom. The van der Waals surface area contributed by atoms with Gasteiger partial charge in [-0.05, 0) is 39.8 Å². The van der Waals surface area contributed by atoms with Crippen molar-refractivity contribution in [1.82, 2.24) is 5.32 Å². The predicted octanol–water partition coefficient (Wildman–Crippen LogP) is 3.69. The zero-order valence-corrected chi connectivity index (χ0v) is 13.1. The van der Waals surface area contributed by atoms with Gasteiger partial charge in [0, 0.05) is 12.2 Å². The first-order valence-electron chi connectivity index (χ1n) is 7.17. The largest absolute Gasteiger partial charge is 0.494 e. The number of methoxy groups -OCH3 is 1. The molecule has 0 fully saturated rings. The fourth-order valence-corrected chi connectivity index (χ4v) is 2.38. The summed E-state index contributed by atoms with van der Waals surface area (Å²) in [6, 6.07) is 4.99. The van der Waals surface area contributed by atoms with Crippen molar-refractivity contribution >= 4 is 0 Å². The van der Waals surface area contributed by atoms with Gasteiger partial charge in [0.05, 0.1) is 18.8 Å². The molecule has 0 spiro atoms. The minimum atomic E-state index is -0.503. The van der Waals surface area contributed by atoms with Gasteiger partial charge in [-0.2, -0.15) is 0 Å². The maximum Gasteiger partial charge on any atom is 0.169 e. The van der Waals surface area contributed by atoms with E-state index in [1.54, 1.807) is 18.2 Å². The van der Waals surface area contributed by atoms with Gasteiger partial charge < -0.3 is 14.8 Å². The molecule has 0 aromatic heterocycles. The number of nitrogens with one attached hydrogen (secondary N) is 1. The van der Waals surface area contributed by atoms with Crippen LogP contribution in [0.15, 0.2) is 18.2 Å². The van der Waals surface area contributed by atoms with Crippen molar-refractivity contribution in [3.8, 4) is 5.75 Å². The van der Waals surface area contributed by atoms with Crippen LogP contribution in [-0.4, -0.2) is 25.9 Å². The summed E-state index contributed by atoms with van der Waals surface area (Å²) < 4.78 is 25.4. The molecule has 1 aromatic carbocycles. The molecule has 1 unspecified atom stereocenters. The standard InChI is InChI=1S/C16H26FNO2/c1-6-11-18-15(16(3,4)20-7-2)12-9-8-10-13(19-5)14(12)17/h8-10,15,18H,6-7,11H2,1-5H3. The molecule has 4 heteroatoms. The topological polar surface area (TPSA) is 30.5 Å². The summed E-state index contributed by atoms with van der Waals surface area (Å²) in [4.78, 5) is 0. The van der Waals surface area contributed by atoms with Crippen molar-refractivity contribution in [1.29, 1.82) is 0 Å². The molecule has 0 saturated carbocycles. The fourth-order valence-electron chi connectivity index (χ4n) is 2.38. The van der Waals surface area contributed by atoms with E-state index in [2.05, 4.69) is 12.2 Å². The summed E-state index contributed by atoms with van der Waals surface area (Å²) in [5.41, 5.74) is 0.0770. The molecular formula is C16H26FNO2. The molecule has 114 valence electrons. The molecule has 0 aliphatic heterocycles. The molecule has 1 N–H and O–H groups in total. The van der Waals surface area contributed by atoms with E-state index in [4.69, 9.17) is 9.47 Å². The van der Waals surface area contributed by atoms with Crippen LogP contribution in [0.5, 0.6) is 5.75 Å². The van der Waals surface area contributed by atoms with Crippen LogP contribution >= 0.6 is 0 Å². The van der Waals surface area contributed by atoms with Gasteiger partial charge in [-0.1, -0.05) is 19.1 Å². The Bertz CT molecular complexity index is 421. The van der Waals surface area contributed by atoms with E-state index in [1.807, 2.05) is 20.8 Å². The van der Waals surface area contributed by atoms with Crippen molar-refractivity contribution in [2.75, 3.05) is 20.3 Å². The summed E-state index contributed by atoms with van der Waals surface area (Å²) in [7, 11) is 1.48.